The zero-order chi connectivity index (χ0) is 16.6. The Morgan fingerprint density at radius 3 is 2.41 bits per heavy atom. The van der Waals surface area contributed by atoms with Crippen molar-refractivity contribution < 1.29 is 18.0 Å². The largest absolute Gasteiger partial charge is 0.441 e. The maximum absolute atomic E-state index is 12.1. The van der Waals surface area contributed by atoms with Crippen molar-refractivity contribution in [2.75, 3.05) is 12.3 Å². The molecule has 0 spiro atoms. The van der Waals surface area contributed by atoms with Crippen molar-refractivity contribution in [2.45, 2.75) is 30.4 Å². The van der Waals surface area contributed by atoms with Gasteiger partial charge in [0.25, 0.3) is 0 Å². The Labute approximate surface area is 137 Å². The Morgan fingerprint density at radius 2 is 1.86 bits per heavy atom. The zero-order valence-electron chi connectivity index (χ0n) is 12.5. The van der Waals surface area contributed by atoms with Crippen LogP contribution in [-0.4, -0.2) is 29.0 Å². The summed E-state index contributed by atoms with van der Waals surface area (Å²) in [5.41, 5.74) is -3.12. The van der Waals surface area contributed by atoms with Gasteiger partial charge in [-0.1, -0.05) is 44.2 Å². The number of hydrogen-bond donors (Lipinski definition) is 1. The second kappa shape index (κ2) is 9.35. The van der Waals surface area contributed by atoms with Crippen molar-refractivity contribution in [3.8, 4) is 0 Å². The third-order valence-electron chi connectivity index (χ3n) is 2.80. The molecule has 0 bridgehead atoms. The van der Waals surface area contributed by atoms with Crippen LogP contribution in [0.3, 0.4) is 0 Å². The van der Waals surface area contributed by atoms with Crippen molar-refractivity contribution >= 4 is 29.4 Å². The first-order chi connectivity index (χ1) is 10.3. The molecule has 0 radical (unpaired) electrons. The van der Waals surface area contributed by atoms with Gasteiger partial charge in [0.05, 0.1) is 5.25 Å². The van der Waals surface area contributed by atoms with Crippen molar-refractivity contribution in [1.29, 1.82) is 0 Å². The molecule has 0 heterocycles. The molecule has 1 N–H and O–H groups in total. The van der Waals surface area contributed by atoms with Gasteiger partial charge in [0.15, 0.2) is 0 Å². The Balaban J connectivity index is 2.40. The van der Waals surface area contributed by atoms with Crippen LogP contribution < -0.4 is 5.32 Å². The van der Waals surface area contributed by atoms with Crippen LogP contribution in [0.25, 0.3) is 0 Å². The Kier molecular flexibility index (Phi) is 8.17. The summed E-state index contributed by atoms with van der Waals surface area (Å²) in [6.07, 6.45) is 0. The number of benzene rings is 1. The van der Waals surface area contributed by atoms with E-state index >= 15 is 0 Å². The van der Waals surface area contributed by atoms with Gasteiger partial charge in [-0.05, 0) is 23.2 Å². The minimum Gasteiger partial charge on any atom is -0.354 e. The molecule has 0 aromatic heterocycles. The Hall–Kier alpha value is -0.820. The van der Waals surface area contributed by atoms with Crippen LogP contribution in [0.4, 0.5) is 13.2 Å². The van der Waals surface area contributed by atoms with E-state index in [1.807, 2.05) is 44.2 Å². The number of hydrogen-bond acceptors (Lipinski definition) is 3. The molecule has 0 fully saturated rings. The van der Waals surface area contributed by atoms with Gasteiger partial charge in [-0.3, -0.25) is 4.79 Å². The molecule has 7 heteroatoms. The summed E-state index contributed by atoms with van der Waals surface area (Å²) in [6.45, 7) is 3.90. The summed E-state index contributed by atoms with van der Waals surface area (Å²) in [7, 11) is 0. The smallest absolute Gasteiger partial charge is 0.354 e. The highest BCUT2D eigenvalue weighted by molar-refractivity contribution is 8.00. The van der Waals surface area contributed by atoms with Crippen LogP contribution >= 0.6 is 23.5 Å². The van der Waals surface area contributed by atoms with E-state index in [1.165, 1.54) is 11.8 Å². The lowest BCUT2D eigenvalue weighted by molar-refractivity contribution is -0.121. The highest BCUT2D eigenvalue weighted by Crippen LogP contribution is 2.29. The summed E-state index contributed by atoms with van der Waals surface area (Å²) >= 11 is 1.40. The van der Waals surface area contributed by atoms with Gasteiger partial charge in [-0.2, -0.15) is 13.2 Å². The number of alkyl halides is 3. The fourth-order valence-corrected chi connectivity index (χ4v) is 3.39. The molecule has 1 rings (SSSR count). The van der Waals surface area contributed by atoms with Crippen LogP contribution in [0, 0.1) is 5.92 Å². The summed E-state index contributed by atoms with van der Waals surface area (Å²) in [5, 5.41) is 2.32. The molecule has 1 aromatic carbocycles. The molecule has 0 saturated heterocycles. The lowest BCUT2D eigenvalue weighted by Gasteiger charge is -2.20. The molecular weight excluding hydrogens is 331 g/mol. The van der Waals surface area contributed by atoms with Gasteiger partial charge in [-0.15, -0.1) is 11.8 Å². The quantitative estimate of drug-likeness (QED) is 0.708. The third kappa shape index (κ3) is 7.98. The minimum atomic E-state index is -4.25. The molecule has 0 aliphatic carbocycles. The fraction of sp³-hybridized carbons (Fsp3) is 0.533. The maximum atomic E-state index is 12.1. The van der Waals surface area contributed by atoms with Gasteiger partial charge in [0.2, 0.25) is 5.91 Å². The van der Waals surface area contributed by atoms with Crippen LogP contribution in [0.2, 0.25) is 0 Å². The molecule has 1 unspecified atom stereocenters. The molecule has 0 saturated carbocycles. The van der Waals surface area contributed by atoms with E-state index in [-0.39, 0.29) is 41.1 Å². The second-order valence-corrected chi connectivity index (χ2v) is 7.34. The van der Waals surface area contributed by atoms with Crippen LogP contribution in [-0.2, 0) is 10.5 Å². The molecule has 0 aliphatic heterocycles. The lowest BCUT2D eigenvalue weighted by Crippen LogP contribution is -2.37. The zero-order valence-corrected chi connectivity index (χ0v) is 14.2. The first-order valence-electron chi connectivity index (χ1n) is 6.93. The normalized spacial score (nSPS) is 13.2. The fourth-order valence-electron chi connectivity index (χ4n) is 1.77. The molecule has 124 valence electrons. The molecule has 1 atom stereocenters. The third-order valence-corrected chi connectivity index (χ3v) is 5.16. The monoisotopic (exact) mass is 351 g/mol. The van der Waals surface area contributed by atoms with Gasteiger partial charge in [0.1, 0.15) is 0 Å². The number of rotatable bonds is 8. The number of carbonyl (C=O) groups is 1. The van der Waals surface area contributed by atoms with Crippen molar-refractivity contribution in [3.05, 3.63) is 35.9 Å². The molecule has 1 aromatic rings. The highest BCUT2D eigenvalue weighted by Gasteiger charge is 2.28. The van der Waals surface area contributed by atoms with E-state index in [9.17, 15) is 18.0 Å². The molecule has 2 nitrogen and oxygen atoms in total. The van der Waals surface area contributed by atoms with Crippen molar-refractivity contribution in [2.24, 2.45) is 5.92 Å². The predicted octanol–water partition coefficient (Wildman–Crippen LogP) is 4.31. The van der Waals surface area contributed by atoms with Gasteiger partial charge >= 0.3 is 5.51 Å². The van der Waals surface area contributed by atoms with E-state index in [4.69, 9.17) is 0 Å². The average molecular weight is 351 g/mol. The summed E-state index contributed by atoms with van der Waals surface area (Å²) in [4.78, 5) is 12.1. The number of amides is 1. The van der Waals surface area contributed by atoms with Crippen molar-refractivity contribution in [3.63, 3.8) is 0 Å². The molecule has 0 aliphatic rings. The van der Waals surface area contributed by atoms with E-state index in [0.29, 0.717) is 5.75 Å². The van der Waals surface area contributed by atoms with Gasteiger partial charge in [0, 0.05) is 18.1 Å². The number of carbonyl (C=O) groups excluding carboxylic acids is 1. The van der Waals surface area contributed by atoms with Crippen molar-refractivity contribution in [1.82, 2.24) is 5.32 Å². The van der Waals surface area contributed by atoms with Gasteiger partial charge < -0.3 is 5.32 Å². The van der Waals surface area contributed by atoms with Crippen LogP contribution in [0.1, 0.15) is 19.4 Å². The minimum absolute atomic E-state index is 0.0259. The van der Waals surface area contributed by atoms with Crippen LogP contribution in [0.15, 0.2) is 30.3 Å². The number of thioether (sulfide) groups is 2. The topological polar surface area (TPSA) is 29.1 Å². The van der Waals surface area contributed by atoms with E-state index in [1.54, 1.807) is 0 Å². The first kappa shape index (κ1) is 19.2. The van der Waals surface area contributed by atoms with E-state index in [0.717, 1.165) is 5.56 Å². The average Bonchev–Trinajstić information content (AvgIpc) is 2.43. The summed E-state index contributed by atoms with van der Waals surface area (Å²) < 4.78 is 36.1. The van der Waals surface area contributed by atoms with Crippen LogP contribution in [0.5, 0.6) is 0 Å². The first-order valence-corrected chi connectivity index (χ1v) is 8.97. The van der Waals surface area contributed by atoms with E-state index < -0.39 is 5.51 Å². The molecule has 22 heavy (non-hydrogen) atoms. The van der Waals surface area contributed by atoms with E-state index in [2.05, 4.69) is 5.32 Å². The van der Waals surface area contributed by atoms with Gasteiger partial charge in [-0.25, -0.2) is 0 Å². The summed E-state index contributed by atoms with van der Waals surface area (Å²) in [5.74, 6) is 0.459. The maximum Gasteiger partial charge on any atom is 0.441 e. The highest BCUT2D eigenvalue weighted by atomic mass is 32.2. The number of halogens is 3. The molecular formula is C15H20F3NOS2. The lowest BCUT2D eigenvalue weighted by atomic mass is 10.1. The number of nitrogens with one attached hydrogen (secondary N) is 1. The summed E-state index contributed by atoms with van der Waals surface area (Å²) in [6, 6.07) is 9.78. The standard InChI is InChI=1S/C15H20F3NOS2/c1-11(2)13(21-10-12-6-4-3-5-7-12)14(20)19-8-9-22-15(16,17)18/h3-7,11,13H,8-10H2,1-2H3,(H,19,20). The second-order valence-electron chi connectivity index (χ2n) is 5.05. The SMILES string of the molecule is CC(C)C(SCc1ccccc1)C(=O)NCCSC(F)(F)F. The molecule has 1 amide bonds. The predicted molar refractivity (Wildman–Crippen MR) is 87.9 cm³/mol. The Bertz CT molecular complexity index is 452. The Morgan fingerprint density at radius 1 is 1.23 bits per heavy atom.